The zero-order chi connectivity index (χ0) is 29.8. The third kappa shape index (κ3) is 5.30. The lowest BCUT2D eigenvalue weighted by molar-refractivity contribution is -0.143. The Balaban J connectivity index is 1.19. The number of piperidine rings is 1. The molecule has 0 unspecified atom stereocenters. The molecular weight excluding hydrogens is 530 g/mol. The molecule has 1 saturated heterocycles. The minimum absolute atomic E-state index is 0.207. The highest BCUT2D eigenvalue weighted by Gasteiger charge is 2.65. The Bertz CT molecular complexity index is 1560. The van der Waals surface area contributed by atoms with Crippen molar-refractivity contribution in [3.63, 3.8) is 0 Å². The van der Waals surface area contributed by atoms with Crippen molar-refractivity contribution in [3.8, 4) is 17.0 Å². The first-order chi connectivity index (χ1) is 19.9. The van der Waals surface area contributed by atoms with Crippen LogP contribution in [0.25, 0.3) is 11.3 Å². The van der Waals surface area contributed by atoms with Gasteiger partial charge in [0.25, 0.3) is 0 Å². The Morgan fingerprint density at radius 1 is 1.10 bits per heavy atom. The molecule has 1 amide bonds. The molecule has 0 radical (unpaired) electrons. The third-order valence-corrected chi connectivity index (χ3v) is 8.78. The van der Waals surface area contributed by atoms with E-state index in [9.17, 15) is 14.7 Å². The molecule has 1 aliphatic carbocycles. The normalized spacial score (nSPS) is 21.0. The molecule has 8 heteroatoms. The number of amides is 1. The lowest BCUT2D eigenvalue weighted by Gasteiger charge is -2.32. The topological polar surface area (TPSA) is 92.2 Å². The van der Waals surface area contributed by atoms with Crippen LogP contribution in [-0.4, -0.2) is 52.3 Å². The first-order valence-corrected chi connectivity index (χ1v) is 14.7. The van der Waals surface area contributed by atoms with Gasteiger partial charge in [-0.25, -0.2) is 9.78 Å². The minimum atomic E-state index is -0.696. The number of ether oxygens (including phenoxy) is 2. The Morgan fingerprint density at radius 3 is 2.62 bits per heavy atom. The Labute approximate surface area is 247 Å². The van der Waals surface area contributed by atoms with E-state index in [1.54, 1.807) is 4.90 Å². The first-order valence-electron chi connectivity index (χ1n) is 14.7. The van der Waals surface area contributed by atoms with Crippen molar-refractivity contribution >= 4 is 17.9 Å². The number of benzene rings is 2. The standard InChI is InChI=1S/C34H39N3O5/c1-21-8-6-9-26(28-10-7-11-29(35-28)37-17-25-16-34(25,20-37)31(38)39)30(21)41-19-23-14-22(2)27-18-36(13-12-24(27)15-23)32(40)42-33(3,4)5/h6-11,14-15,25H,12-13,16-20H2,1-5H3,(H,38,39)/t25-,34-/m0/s1. The quantitative estimate of drug-likeness (QED) is 0.381. The summed E-state index contributed by atoms with van der Waals surface area (Å²) in [5.74, 6) is 1.11. The summed E-state index contributed by atoms with van der Waals surface area (Å²) < 4.78 is 12.1. The smallest absolute Gasteiger partial charge is 0.410 e. The molecular formula is C34H39N3O5. The Kier molecular flexibility index (Phi) is 6.90. The number of rotatable bonds is 6. The number of carboxylic acids is 1. The number of carbonyl (C=O) groups is 2. The number of nitrogens with zero attached hydrogens (tertiary/aromatic N) is 3. The predicted molar refractivity (Wildman–Crippen MR) is 161 cm³/mol. The number of fused-ring (bicyclic) bond motifs is 2. The lowest BCUT2D eigenvalue weighted by Crippen LogP contribution is -2.40. The van der Waals surface area contributed by atoms with Gasteiger partial charge in [-0.1, -0.05) is 30.3 Å². The maximum Gasteiger partial charge on any atom is 0.410 e. The van der Waals surface area contributed by atoms with Crippen LogP contribution < -0.4 is 9.64 Å². The minimum Gasteiger partial charge on any atom is -0.488 e. The molecule has 2 atom stereocenters. The molecule has 3 aromatic rings. The number of anilines is 1. The summed E-state index contributed by atoms with van der Waals surface area (Å²) in [5.41, 5.74) is 6.27. The first kappa shape index (κ1) is 28.1. The van der Waals surface area contributed by atoms with Gasteiger partial charge in [-0.15, -0.1) is 0 Å². The van der Waals surface area contributed by atoms with Gasteiger partial charge in [-0.05, 0) is 99.4 Å². The van der Waals surface area contributed by atoms with E-state index in [1.165, 1.54) is 11.1 Å². The maximum absolute atomic E-state index is 12.6. The lowest BCUT2D eigenvalue weighted by atomic mass is 9.93. The molecule has 2 aromatic carbocycles. The second-order valence-electron chi connectivity index (χ2n) is 13.1. The number of carboxylic acid groups (broad SMARTS) is 1. The van der Waals surface area contributed by atoms with Gasteiger partial charge >= 0.3 is 12.1 Å². The molecule has 42 heavy (non-hydrogen) atoms. The number of aryl methyl sites for hydroxylation is 2. The Hall–Kier alpha value is -4.07. The average Bonchev–Trinajstić information content (AvgIpc) is 3.52. The van der Waals surface area contributed by atoms with Crippen LogP contribution in [0.2, 0.25) is 0 Å². The number of carbonyl (C=O) groups excluding carboxylic acids is 1. The predicted octanol–water partition coefficient (Wildman–Crippen LogP) is 6.15. The summed E-state index contributed by atoms with van der Waals surface area (Å²) in [6.07, 6.45) is 1.27. The summed E-state index contributed by atoms with van der Waals surface area (Å²) >= 11 is 0. The van der Waals surface area contributed by atoms with Gasteiger partial charge in [-0.3, -0.25) is 4.79 Å². The van der Waals surface area contributed by atoms with Crippen LogP contribution >= 0.6 is 0 Å². The second-order valence-corrected chi connectivity index (χ2v) is 13.1. The van der Waals surface area contributed by atoms with Crippen LogP contribution in [-0.2, 0) is 29.1 Å². The number of hydrogen-bond acceptors (Lipinski definition) is 6. The van der Waals surface area contributed by atoms with Gasteiger partial charge in [0.1, 0.15) is 23.8 Å². The van der Waals surface area contributed by atoms with E-state index in [0.29, 0.717) is 26.2 Å². The zero-order valence-corrected chi connectivity index (χ0v) is 25.1. The van der Waals surface area contributed by atoms with Crippen molar-refractivity contribution in [1.29, 1.82) is 0 Å². The van der Waals surface area contributed by atoms with Crippen molar-refractivity contribution in [2.24, 2.45) is 11.3 Å². The van der Waals surface area contributed by atoms with Crippen LogP contribution in [0.1, 0.15) is 55.0 Å². The summed E-state index contributed by atoms with van der Waals surface area (Å²) in [6, 6.07) is 16.3. The molecule has 2 aliphatic heterocycles. The highest BCUT2D eigenvalue weighted by Crippen LogP contribution is 2.58. The molecule has 3 heterocycles. The van der Waals surface area contributed by atoms with Crippen molar-refractivity contribution < 1.29 is 24.2 Å². The van der Waals surface area contributed by atoms with Crippen LogP contribution in [0.5, 0.6) is 5.75 Å². The number of hydrogen-bond donors (Lipinski definition) is 1. The van der Waals surface area contributed by atoms with Crippen molar-refractivity contribution in [2.45, 2.75) is 66.2 Å². The van der Waals surface area contributed by atoms with Gasteiger partial charge in [-0.2, -0.15) is 0 Å². The number of aliphatic carboxylic acids is 1. The fraction of sp³-hybridized carbons (Fsp3) is 0.441. The van der Waals surface area contributed by atoms with Crippen LogP contribution in [0.4, 0.5) is 10.6 Å². The Morgan fingerprint density at radius 2 is 1.88 bits per heavy atom. The fourth-order valence-corrected chi connectivity index (χ4v) is 6.45. The van der Waals surface area contributed by atoms with E-state index in [-0.39, 0.29) is 12.0 Å². The number of pyridine rings is 1. The molecule has 1 saturated carbocycles. The van der Waals surface area contributed by atoms with E-state index < -0.39 is 17.0 Å². The van der Waals surface area contributed by atoms with Gasteiger partial charge in [0.15, 0.2) is 0 Å². The third-order valence-electron chi connectivity index (χ3n) is 8.78. The summed E-state index contributed by atoms with van der Waals surface area (Å²) in [5, 5.41) is 9.70. The van der Waals surface area contributed by atoms with Crippen molar-refractivity contribution in [3.05, 3.63) is 76.3 Å². The molecule has 3 aliphatic rings. The monoisotopic (exact) mass is 569 g/mol. The zero-order valence-electron chi connectivity index (χ0n) is 25.1. The highest BCUT2D eigenvalue weighted by atomic mass is 16.6. The van der Waals surface area contributed by atoms with Crippen LogP contribution in [0, 0.1) is 25.2 Å². The largest absolute Gasteiger partial charge is 0.488 e. The molecule has 1 aromatic heterocycles. The van der Waals surface area contributed by atoms with Gasteiger partial charge in [0, 0.05) is 31.7 Å². The van der Waals surface area contributed by atoms with Gasteiger partial charge in [0.2, 0.25) is 0 Å². The van der Waals surface area contributed by atoms with Gasteiger partial charge in [0.05, 0.1) is 11.1 Å². The average molecular weight is 570 g/mol. The molecule has 6 rings (SSSR count). The van der Waals surface area contributed by atoms with E-state index >= 15 is 0 Å². The molecule has 220 valence electrons. The number of aromatic nitrogens is 1. The van der Waals surface area contributed by atoms with Crippen LogP contribution in [0.3, 0.4) is 0 Å². The van der Waals surface area contributed by atoms with Crippen molar-refractivity contribution in [2.75, 3.05) is 24.5 Å². The molecule has 0 spiro atoms. The maximum atomic E-state index is 12.6. The van der Waals surface area contributed by atoms with Gasteiger partial charge < -0.3 is 24.4 Å². The van der Waals surface area contributed by atoms with Crippen molar-refractivity contribution in [1.82, 2.24) is 9.88 Å². The molecule has 1 N–H and O–H groups in total. The summed E-state index contributed by atoms with van der Waals surface area (Å²) in [4.78, 5) is 33.3. The summed E-state index contributed by atoms with van der Waals surface area (Å²) in [7, 11) is 0. The fourth-order valence-electron chi connectivity index (χ4n) is 6.45. The molecule has 2 fully saturated rings. The summed E-state index contributed by atoms with van der Waals surface area (Å²) in [6.45, 7) is 12.6. The van der Waals surface area contributed by atoms with E-state index in [4.69, 9.17) is 14.5 Å². The number of para-hydroxylation sites is 1. The van der Waals surface area contributed by atoms with E-state index in [0.717, 1.165) is 58.9 Å². The molecule has 8 nitrogen and oxygen atoms in total. The van der Waals surface area contributed by atoms with E-state index in [2.05, 4.69) is 24.0 Å². The van der Waals surface area contributed by atoms with E-state index in [1.807, 2.05) is 64.1 Å². The second kappa shape index (κ2) is 10.3. The SMILES string of the molecule is Cc1cc(COc2c(C)cccc2-c2cccc(N3C[C@@H]4C[C@]4(C(=O)O)C3)n2)cc2c1CN(C(=O)OC(C)(C)C)CC2. The highest BCUT2D eigenvalue weighted by molar-refractivity contribution is 5.81. The van der Waals surface area contributed by atoms with Crippen LogP contribution in [0.15, 0.2) is 48.5 Å². The molecule has 0 bridgehead atoms.